The first-order chi connectivity index (χ1) is 10.2. The predicted molar refractivity (Wildman–Crippen MR) is 82.4 cm³/mol. The van der Waals surface area contributed by atoms with Crippen LogP contribution in [-0.4, -0.2) is 52.2 Å². The Morgan fingerprint density at radius 1 is 1.41 bits per heavy atom. The summed E-state index contributed by atoms with van der Waals surface area (Å²) in [4.78, 5) is 16.0. The molecule has 120 valence electrons. The molecule has 0 spiro atoms. The number of rotatable bonds is 0. The average Bonchev–Trinajstić information content (AvgIpc) is 2.76. The van der Waals surface area contributed by atoms with E-state index in [1.54, 1.807) is 6.07 Å². The van der Waals surface area contributed by atoms with E-state index in [1.165, 1.54) is 4.90 Å². The molecule has 0 aromatic carbocycles. The topological polar surface area (TPSA) is 78.8 Å². The fraction of sp³-hybridized carbons (Fsp3) is 0.643. The quantitative estimate of drug-likeness (QED) is 0.783. The maximum Gasteiger partial charge on any atom is 0.416 e. The maximum atomic E-state index is 12.5. The van der Waals surface area contributed by atoms with Gasteiger partial charge in [0.05, 0.1) is 18.3 Å². The number of fused-ring (bicyclic) bond motifs is 3. The van der Waals surface area contributed by atoms with Crippen molar-refractivity contribution in [3.63, 3.8) is 0 Å². The van der Waals surface area contributed by atoms with Gasteiger partial charge in [-0.25, -0.2) is 4.79 Å². The van der Waals surface area contributed by atoms with Gasteiger partial charge in [-0.3, -0.25) is 4.90 Å². The molecule has 1 fully saturated rings. The second-order valence-corrected chi connectivity index (χ2v) is 7.05. The van der Waals surface area contributed by atoms with E-state index >= 15 is 0 Å². The summed E-state index contributed by atoms with van der Waals surface area (Å²) in [5, 5.41) is 18.1. The smallest absolute Gasteiger partial charge is 0.416 e. The van der Waals surface area contributed by atoms with Gasteiger partial charge in [0.25, 0.3) is 0 Å². The molecule has 1 amide bonds. The summed E-state index contributed by atoms with van der Waals surface area (Å²) in [5.74, 6) is 0.420. The van der Waals surface area contributed by atoms with Crippen LogP contribution in [0.3, 0.4) is 0 Å². The van der Waals surface area contributed by atoms with Gasteiger partial charge in [0.15, 0.2) is 11.0 Å². The number of hydrogen-bond acceptors (Lipinski definition) is 6. The molecule has 3 heterocycles. The van der Waals surface area contributed by atoms with Gasteiger partial charge in [-0.2, -0.15) is 0 Å². The number of aliphatic hydroxyl groups excluding tert-OH is 1. The number of nitrogens with zero attached hydrogens (tertiary/aromatic N) is 4. The molecule has 1 N–H and O–H groups in total. The van der Waals surface area contributed by atoms with Gasteiger partial charge in [0.2, 0.25) is 0 Å². The van der Waals surface area contributed by atoms with Gasteiger partial charge in [0, 0.05) is 18.7 Å². The van der Waals surface area contributed by atoms with Crippen molar-refractivity contribution in [3.8, 4) is 0 Å². The Balaban J connectivity index is 1.97. The van der Waals surface area contributed by atoms with Crippen molar-refractivity contribution in [3.05, 3.63) is 11.2 Å². The summed E-state index contributed by atoms with van der Waals surface area (Å²) in [5.41, 5.74) is 0.113. The predicted octanol–water partition coefficient (Wildman–Crippen LogP) is 1.82. The van der Waals surface area contributed by atoms with E-state index in [4.69, 9.17) is 16.3 Å². The monoisotopic (exact) mass is 326 g/mol. The largest absolute Gasteiger partial charge is 0.443 e. The Morgan fingerprint density at radius 3 is 2.82 bits per heavy atom. The molecule has 0 unspecified atom stereocenters. The van der Waals surface area contributed by atoms with Crippen molar-refractivity contribution in [1.29, 1.82) is 0 Å². The molecular formula is C14H19ClN4O3. The average molecular weight is 327 g/mol. The number of ether oxygens (including phenoxy) is 1. The van der Waals surface area contributed by atoms with Crippen molar-refractivity contribution in [2.75, 3.05) is 22.9 Å². The Bertz CT molecular complexity index is 604. The number of anilines is 2. The van der Waals surface area contributed by atoms with Crippen molar-refractivity contribution in [2.24, 2.45) is 0 Å². The zero-order valence-corrected chi connectivity index (χ0v) is 13.5. The van der Waals surface area contributed by atoms with Gasteiger partial charge >= 0.3 is 6.09 Å². The van der Waals surface area contributed by atoms with E-state index in [1.807, 2.05) is 25.7 Å². The Hall–Kier alpha value is -1.60. The minimum Gasteiger partial charge on any atom is -0.443 e. The molecule has 2 atom stereocenters. The molecule has 8 heteroatoms. The van der Waals surface area contributed by atoms with Crippen LogP contribution in [0.25, 0.3) is 0 Å². The van der Waals surface area contributed by atoms with Crippen LogP contribution >= 0.6 is 11.6 Å². The van der Waals surface area contributed by atoms with E-state index < -0.39 is 17.8 Å². The summed E-state index contributed by atoms with van der Waals surface area (Å²) < 4.78 is 5.44. The number of amides is 1. The van der Waals surface area contributed by atoms with Gasteiger partial charge in [-0.1, -0.05) is 11.6 Å². The lowest BCUT2D eigenvalue weighted by Crippen LogP contribution is -2.50. The molecule has 7 nitrogen and oxygen atoms in total. The third-order valence-electron chi connectivity index (χ3n) is 3.69. The standard InChI is InChI=1S/C14H19ClN4O3/c1-14(2,3)22-13(21)19-6-8-4-9(20)7-18(8)10-5-11(15)16-17-12(10)19/h5,8-9,20H,4,6-7H2,1-3H3/t8-,9+/m1/s1. The first kappa shape index (κ1) is 15.3. The number of aliphatic hydroxyl groups is 1. The molecule has 1 aromatic heterocycles. The highest BCUT2D eigenvalue weighted by Crippen LogP contribution is 2.39. The number of hydrogen-bond donors (Lipinski definition) is 1. The zero-order chi connectivity index (χ0) is 16.1. The molecule has 2 aliphatic rings. The molecule has 22 heavy (non-hydrogen) atoms. The van der Waals surface area contributed by atoms with E-state index in [0.29, 0.717) is 31.0 Å². The first-order valence-corrected chi connectivity index (χ1v) is 7.61. The van der Waals surface area contributed by atoms with Gasteiger partial charge in [-0.05, 0) is 27.2 Å². The maximum absolute atomic E-state index is 12.5. The molecule has 3 rings (SSSR count). The van der Waals surface area contributed by atoms with Crippen LogP contribution in [0.4, 0.5) is 16.3 Å². The summed E-state index contributed by atoms with van der Waals surface area (Å²) in [6.07, 6.45) is -0.298. The van der Waals surface area contributed by atoms with E-state index in [9.17, 15) is 9.90 Å². The molecule has 0 bridgehead atoms. The van der Waals surface area contributed by atoms with Crippen LogP contribution in [0.2, 0.25) is 5.15 Å². The molecule has 0 aliphatic carbocycles. The highest BCUT2D eigenvalue weighted by molar-refractivity contribution is 6.29. The number of aromatic nitrogens is 2. The lowest BCUT2D eigenvalue weighted by molar-refractivity contribution is 0.0574. The van der Waals surface area contributed by atoms with E-state index in [-0.39, 0.29) is 11.2 Å². The Kier molecular flexibility index (Phi) is 3.65. The third kappa shape index (κ3) is 2.83. The number of halogens is 1. The highest BCUT2D eigenvalue weighted by Gasteiger charge is 2.42. The second-order valence-electron chi connectivity index (χ2n) is 6.66. The molecule has 0 radical (unpaired) electrons. The van der Waals surface area contributed by atoms with Crippen molar-refractivity contribution in [2.45, 2.75) is 44.9 Å². The summed E-state index contributed by atoms with van der Waals surface area (Å²) in [7, 11) is 0. The van der Waals surface area contributed by atoms with Crippen molar-refractivity contribution >= 4 is 29.2 Å². The molecular weight excluding hydrogens is 308 g/mol. The molecule has 1 saturated heterocycles. The third-order valence-corrected chi connectivity index (χ3v) is 3.87. The summed E-state index contributed by atoms with van der Waals surface area (Å²) in [6, 6.07) is 1.70. The first-order valence-electron chi connectivity index (χ1n) is 7.23. The fourth-order valence-corrected chi connectivity index (χ4v) is 3.03. The van der Waals surface area contributed by atoms with E-state index in [2.05, 4.69) is 10.2 Å². The SMILES string of the molecule is CC(C)(C)OC(=O)N1C[C@H]2C[C@H](O)CN2c2cc(Cl)nnc21. The van der Waals surface area contributed by atoms with Crippen molar-refractivity contribution < 1.29 is 14.6 Å². The van der Waals surface area contributed by atoms with Gasteiger partial charge in [0.1, 0.15) is 5.60 Å². The van der Waals surface area contributed by atoms with Crippen LogP contribution in [0.5, 0.6) is 0 Å². The van der Waals surface area contributed by atoms with Crippen LogP contribution < -0.4 is 9.80 Å². The Labute approximate surface area is 133 Å². The molecule has 1 aromatic rings. The zero-order valence-electron chi connectivity index (χ0n) is 12.8. The Morgan fingerprint density at radius 2 is 2.14 bits per heavy atom. The van der Waals surface area contributed by atoms with Crippen LogP contribution in [0, 0.1) is 0 Å². The minimum atomic E-state index is -0.594. The number of carbonyl (C=O) groups is 1. The number of carbonyl (C=O) groups excluding carboxylic acids is 1. The fourth-order valence-electron chi connectivity index (χ4n) is 2.89. The lowest BCUT2D eigenvalue weighted by atomic mass is 10.1. The van der Waals surface area contributed by atoms with E-state index in [0.717, 1.165) is 0 Å². The highest BCUT2D eigenvalue weighted by atomic mass is 35.5. The molecule has 2 aliphatic heterocycles. The van der Waals surface area contributed by atoms with Crippen molar-refractivity contribution in [1.82, 2.24) is 10.2 Å². The van der Waals surface area contributed by atoms with Crippen LogP contribution in [-0.2, 0) is 4.74 Å². The summed E-state index contributed by atoms with van der Waals surface area (Å²) in [6.45, 7) is 6.36. The minimum absolute atomic E-state index is 0.0234. The molecule has 0 saturated carbocycles. The normalized spacial score (nSPS) is 24.0. The summed E-state index contributed by atoms with van der Waals surface area (Å²) >= 11 is 5.94. The lowest BCUT2D eigenvalue weighted by Gasteiger charge is -2.38. The van der Waals surface area contributed by atoms with Gasteiger partial charge < -0.3 is 14.7 Å². The second kappa shape index (κ2) is 5.24. The van der Waals surface area contributed by atoms with Gasteiger partial charge in [-0.15, -0.1) is 10.2 Å². The van der Waals surface area contributed by atoms with Crippen LogP contribution in [0.1, 0.15) is 27.2 Å². The van der Waals surface area contributed by atoms with Crippen LogP contribution in [0.15, 0.2) is 6.07 Å².